The van der Waals surface area contributed by atoms with Crippen LogP contribution in [-0.2, 0) is 0 Å². The average molecular weight is 245 g/mol. The topological polar surface area (TPSA) is 23.9 Å². The van der Waals surface area contributed by atoms with Crippen molar-refractivity contribution in [1.29, 1.82) is 5.41 Å². The molecule has 0 aromatic rings. The second-order valence-corrected chi connectivity index (χ2v) is 5.64. The zero-order valence-corrected chi connectivity index (χ0v) is 12.9. The summed E-state index contributed by atoms with van der Waals surface area (Å²) in [7, 11) is 0. The molecule has 0 rings (SSSR count). The van der Waals surface area contributed by atoms with Crippen LogP contribution in [0.5, 0.6) is 0 Å². The molecule has 0 saturated carbocycles. The molecule has 1 N–H and O–H groups in total. The quantitative estimate of drug-likeness (QED) is 0.231. The van der Waals surface area contributed by atoms with Gasteiger partial charge in [0.25, 0.3) is 0 Å². The number of unbranched alkanes of at least 4 members (excludes halogenated alkanes) is 9. The number of hydrogen-bond donors (Lipinski definition) is 1. The molecule has 0 heterocycles. The summed E-state index contributed by atoms with van der Waals surface area (Å²) in [5, 5.41) is 9.21. The Bertz CT molecular complexity index is 180. The Morgan fingerprint density at radius 3 is 1.67 bits per heavy atom. The molecule has 0 unspecified atom stereocenters. The van der Waals surface area contributed by atoms with Crippen LogP contribution >= 0.6 is 0 Å². The first-order valence-electron chi connectivity index (χ1n) is 8.37. The molecule has 1 nitrogen and oxygen atoms in total. The van der Waals surface area contributed by atoms with Crippen molar-refractivity contribution in [3.05, 3.63) is 0 Å². The van der Waals surface area contributed by atoms with Crippen LogP contribution in [-0.4, -0.2) is 23.4 Å². The van der Waals surface area contributed by atoms with Crippen LogP contribution in [0.25, 0.3) is 0 Å². The number of nitrogens with one attached hydrogen (secondary N) is 1. The van der Waals surface area contributed by atoms with Gasteiger partial charge in [0.2, 0.25) is 0 Å². The Balaban J connectivity index is 3.08. The van der Waals surface area contributed by atoms with Crippen LogP contribution in [0.1, 0.15) is 90.4 Å². The van der Waals surface area contributed by atoms with Crippen LogP contribution in [0.4, 0.5) is 0 Å². The summed E-state index contributed by atoms with van der Waals surface area (Å²) in [5.74, 6) is 0. The van der Waals surface area contributed by atoms with E-state index in [1.165, 1.54) is 75.7 Å². The van der Waals surface area contributed by atoms with Gasteiger partial charge in [-0.25, -0.2) is 0 Å². The summed E-state index contributed by atoms with van der Waals surface area (Å²) in [5.41, 5.74) is 0.992. The molecular formula is C16H32LiN. The fourth-order valence-corrected chi connectivity index (χ4v) is 2.36. The summed E-state index contributed by atoms with van der Waals surface area (Å²) >= 11 is 2.27. The third kappa shape index (κ3) is 14.3. The molecule has 0 fully saturated rings. The van der Waals surface area contributed by atoms with E-state index in [0.717, 1.165) is 18.6 Å². The first-order chi connectivity index (χ1) is 8.81. The first-order valence-corrected chi connectivity index (χ1v) is 8.37. The summed E-state index contributed by atoms with van der Waals surface area (Å²) in [6.07, 6.45) is 17.0. The number of hydrogen-bond acceptors (Lipinski definition) is 1. The van der Waals surface area contributed by atoms with E-state index in [9.17, 15) is 0 Å². The first kappa shape index (κ1) is 18.3. The smallest absolute Gasteiger partial charge is 0.0654 e. The van der Waals surface area contributed by atoms with Gasteiger partial charge in [0.05, 0.1) is 0 Å². The van der Waals surface area contributed by atoms with Gasteiger partial charge in [-0.15, -0.1) is 0 Å². The van der Waals surface area contributed by atoms with E-state index in [1.54, 1.807) is 0 Å². The Kier molecular flexibility index (Phi) is 15.6. The van der Waals surface area contributed by atoms with E-state index in [-0.39, 0.29) is 0 Å². The standard InChI is InChI=1S/C16H32N.Li/c1-3-5-7-8-9-10-11-13-15-16(17)14-12-6-4-2;/h17H,1,3-15H2,2H3;. The molecule has 102 valence electrons. The normalized spacial score (nSPS) is 10.8. The fraction of sp³-hybridized carbons (Fsp3) is 0.938. The van der Waals surface area contributed by atoms with Gasteiger partial charge >= 0.3 is 98.1 Å². The molecule has 0 radical (unpaired) electrons. The van der Waals surface area contributed by atoms with Crippen molar-refractivity contribution in [2.24, 2.45) is 0 Å². The predicted molar refractivity (Wildman–Crippen MR) is 84.0 cm³/mol. The minimum Gasteiger partial charge on any atom is -0.0654 e. The molecule has 0 spiro atoms. The molecule has 0 aliphatic carbocycles. The van der Waals surface area contributed by atoms with Crippen molar-refractivity contribution in [3.63, 3.8) is 0 Å². The van der Waals surface area contributed by atoms with Gasteiger partial charge in [-0.05, 0) is 6.42 Å². The molecule has 0 aliphatic heterocycles. The van der Waals surface area contributed by atoms with Crippen LogP contribution in [0.2, 0.25) is 5.09 Å². The van der Waals surface area contributed by atoms with Crippen LogP contribution in [0.3, 0.4) is 0 Å². The van der Waals surface area contributed by atoms with Crippen LogP contribution < -0.4 is 0 Å². The molecule has 0 amide bonds. The monoisotopic (exact) mass is 245 g/mol. The number of rotatable bonds is 14. The summed E-state index contributed by atoms with van der Waals surface area (Å²) < 4.78 is 0. The van der Waals surface area contributed by atoms with E-state index in [0.29, 0.717) is 0 Å². The van der Waals surface area contributed by atoms with Gasteiger partial charge in [-0.1, -0.05) is 19.8 Å². The fourth-order valence-electron chi connectivity index (χ4n) is 2.36. The minimum absolute atomic E-state index is 0.992. The van der Waals surface area contributed by atoms with Crippen LogP contribution in [0, 0.1) is 5.41 Å². The third-order valence-corrected chi connectivity index (χ3v) is 3.66. The van der Waals surface area contributed by atoms with Crippen molar-refractivity contribution >= 4 is 23.4 Å². The zero-order valence-electron chi connectivity index (χ0n) is 12.9. The predicted octanol–water partition coefficient (Wildman–Crippen LogP) is 5.68. The minimum atomic E-state index is 0.992. The van der Waals surface area contributed by atoms with Gasteiger partial charge < -0.3 is 0 Å². The molecule has 0 atom stereocenters. The van der Waals surface area contributed by atoms with Crippen molar-refractivity contribution in [3.8, 4) is 0 Å². The molecule has 18 heavy (non-hydrogen) atoms. The van der Waals surface area contributed by atoms with Crippen molar-refractivity contribution < 1.29 is 0 Å². The second kappa shape index (κ2) is 15.3. The molecule has 0 aliphatic rings. The van der Waals surface area contributed by atoms with Crippen molar-refractivity contribution in [2.75, 3.05) is 0 Å². The summed E-state index contributed by atoms with van der Waals surface area (Å²) in [6, 6.07) is 0. The van der Waals surface area contributed by atoms with Crippen LogP contribution in [0.15, 0.2) is 0 Å². The van der Waals surface area contributed by atoms with Gasteiger partial charge in [-0.3, -0.25) is 0 Å². The van der Waals surface area contributed by atoms with Gasteiger partial charge in [0, 0.05) is 0 Å². The maximum absolute atomic E-state index is 7.86. The molecule has 0 aromatic heterocycles. The van der Waals surface area contributed by atoms with Crippen molar-refractivity contribution in [1.82, 2.24) is 0 Å². The van der Waals surface area contributed by atoms with E-state index in [4.69, 9.17) is 5.41 Å². The summed E-state index contributed by atoms with van der Waals surface area (Å²) in [6.45, 7) is 2.23. The molecule has 0 aromatic carbocycles. The van der Waals surface area contributed by atoms with Gasteiger partial charge in [-0.2, -0.15) is 0 Å². The maximum atomic E-state index is 7.86. The van der Waals surface area contributed by atoms with E-state index in [2.05, 4.69) is 24.6 Å². The average Bonchev–Trinajstić information content (AvgIpc) is 2.37. The molecule has 0 bridgehead atoms. The van der Waals surface area contributed by atoms with Gasteiger partial charge in [0.1, 0.15) is 0 Å². The van der Waals surface area contributed by atoms with E-state index >= 15 is 0 Å². The SMILES string of the molecule is [Li][CH2]CCCCCCCCCC(=N)CCCCC. The Morgan fingerprint density at radius 1 is 0.722 bits per heavy atom. The third-order valence-electron chi connectivity index (χ3n) is 3.66. The van der Waals surface area contributed by atoms with Gasteiger partial charge in [0.15, 0.2) is 0 Å². The van der Waals surface area contributed by atoms with E-state index < -0.39 is 0 Å². The Morgan fingerprint density at radius 2 is 1.17 bits per heavy atom. The van der Waals surface area contributed by atoms with Crippen molar-refractivity contribution in [2.45, 2.75) is 95.5 Å². The summed E-state index contributed by atoms with van der Waals surface area (Å²) in [4.78, 5) is 0. The van der Waals surface area contributed by atoms with E-state index in [1.807, 2.05) is 0 Å². The second-order valence-electron chi connectivity index (χ2n) is 5.64. The molecule has 2 heteroatoms. The zero-order chi connectivity index (χ0) is 13.5. The molecular weight excluding hydrogens is 213 g/mol. The molecule has 0 saturated heterocycles. The Labute approximate surface area is 124 Å². The Hall–Kier alpha value is 0.267.